The molecule has 3 fully saturated rings. The predicted molar refractivity (Wildman–Crippen MR) is 92.9 cm³/mol. The van der Waals surface area contributed by atoms with Crippen LogP contribution in [-0.4, -0.2) is 54.8 Å². The van der Waals surface area contributed by atoms with E-state index in [1.54, 1.807) is 4.90 Å². The van der Waals surface area contributed by atoms with Crippen molar-refractivity contribution in [3.63, 3.8) is 0 Å². The topological polar surface area (TPSA) is 59.0 Å². The van der Waals surface area contributed by atoms with Gasteiger partial charge in [-0.3, -0.25) is 4.90 Å². The Bertz CT molecular complexity index is 466. The Labute approximate surface area is 141 Å². The number of amides is 1. The van der Waals surface area contributed by atoms with Crippen molar-refractivity contribution in [2.45, 2.75) is 89.9 Å². The van der Waals surface area contributed by atoms with E-state index >= 15 is 0 Å². The standard InChI is InChI=1S/C17H33NO4Si/c1-16(2,3)21-15(20)18-12-9-11(13(18)10-19)14(12)22-23(7,8)17(4,5)6/h11-14,19H,9-10H2,1-8H3/t11-,12-,13+,14+/m0/s1. The number of carbonyl (C=O) groups is 1. The van der Waals surface area contributed by atoms with Gasteiger partial charge in [0.15, 0.2) is 8.32 Å². The average molecular weight is 344 g/mol. The first kappa shape index (κ1) is 18.7. The lowest BCUT2D eigenvalue weighted by molar-refractivity contribution is 0.000503. The van der Waals surface area contributed by atoms with E-state index in [2.05, 4.69) is 33.9 Å². The molecule has 0 spiro atoms. The van der Waals surface area contributed by atoms with Gasteiger partial charge < -0.3 is 14.3 Å². The van der Waals surface area contributed by atoms with Gasteiger partial charge in [0.05, 0.1) is 24.8 Å². The summed E-state index contributed by atoms with van der Waals surface area (Å²) >= 11 is 0. The number of ether oxygens (including phenoxy) is 1. The SMILES string of the molecule is CC(C)(C)OC(=O)N1[C@H](CO)[C@@H]2C[C@H]1[C@@H]2O[Si](C)(C)C(C)(C)C. The molecule has 1 saturated carbocycles. The minimum absolute atomic E-state index is 0.0300. The van der Waals surface area contributed by atoms with Crippen LogP contribution >= 0.6 is 0 Å². The molecule has 2 saturated heterocycles. The highest BCUT2D eigenvalue weighted by molar-refractivity contribution is 6.74. The molecule has 1 aliphatic carbocycles. The van der Waals surface area contributed by atoms with Crippen molar-refractivity contribution in [1.82, 2.24) is 4.90 Å². The van der Waals surface area contributed by atoms with Crippen LogP contribution in [0, 0.1) is 5.92 Å². The summed E-state index contributed by atoms with van der Waals surface area (Å²) in [4.78, 5) is 14.3. The largest absolute Gasteiger partial charge is 0.444 e. The molecule has 3 rings (SSSR count). The Morgan fingerprint density at radius 2 is 1.78 bits per heavy atom. The highest BCUT2D eigenvalue weighted by atomic mass is 28.4. The van der Waals surface area contributed by atoms with Gasteiger partial charge in [-0.25, -0.2) is 4.79 Å². The van der Waals surface area contributed by atoms with Crippen LogP contribution in [0.25, 0.3) is 0 Å². The van der Waals surface area contributed by atoms with Crippen molar-refractivity contribution < 1.29 is 19.1 Å². The number of hydrogen-bond acceptors (Lipinski definition) is 4. The number of nitrogens with zero attached hydrogens (tertiary/aromatic N) is 1. The third-order valence-electron chi connectivity index (χ3n) is 5.55. The third-order valence-corrected chi connectivity index (χ3v) is 10.0. The van der Waals surface area contributed by atoms with Crippen molar-refractivity contribution in [2.24, 2.45) is 5.92 Å². The van der Waals surface area contributed by atoms with Crippen LogP contribution in [0.4, 0.5) is 4.79 Å². The lowest BCUT2D eigenvalue weighted by atomic mass is 9.80. The number of aliphatic hydroxyl groups excluding tert-OH is 1. The Morgan fingerprint density at radius 3 is 2.22 bits per heavy atom. The normalized spacial score (nSPS) is 31.1. The van der Waals surface area contributed by atoms with Gasteiger partial charge in [0, 0.05) is 5.92 Å². The first-order valence-corrected chi connectivity index (χ1v) is 11.5. The zero-order chi connectivity index (χ0) is 17.8. The number of carbonyl (C=O) groups excluding carboxylic acids is 1. The molecule has 0 aromatic carbocycles. The fourth-order valence-corrected chi connectivity index (χ4v) is 4.59. The van der Waals surface area contributed by atoms with E-state index in [4.69, 9.17) is 9.16 Å². The molecule has 0 aromatic rings. The van der Waals surface area contributed by atoms with Gasteiger partial charge in [-0.1, -0.05) is 20.8 Å². The fourth-order valence-electron chi connectivity index (χ4n) is 3.23. The number of hydrogen-bond donors (Lipinski definition) is 1. The number of aliphatic hydroxyl groups is 1. The average Bonchev–Trinajstić information content (AvgIpc) is 2.85. The lowest BCUT2D eigenvalue weighted by Gasteiger charge is -2.45. The molecule has 5 nitrogen and oxygen atoms in total. The van der Waals surface area contributed by atoms with Crippen LogP contribution in [0.1, 0.15) is 48.0 Å². The van der Waals surface area contributed by atoms with Gasteiger partial charge in [0.2, 0.25) is 0 Å². The van der Waals surface area contributed by atoms with Crippen molar-refractivity contribution >= 4 is 14.4 Å². The highest BCUT2D eigenvalue weighted by Crippen LogP contribution is 2.51. The maximum absolute atomic E-state index is 12.5. The van der Waals surface area contributed by atoms with E-state index < -0.39 is 13.9 Å². The Balaban J connectivity index is 2.13. The van der Waals surface area contributed by atoms with Crippen LogP contribution in [0.2, 0.25) is 18.1 Å². The smallest absolute Gasteiger partial charge is 0.410 e. The Kier molecular flexibility index (Phi) is 4.68. The molecule has 2 aliphatic heterocycles. The van der Waals surface area contributed by atoms with E-state index in [1.165, 1.54) is 0 Å². The summed E-state index contributed by atoms with van der Waals surface area (Å²) in [5, 5.41) is 9.90. The molecule has 1 amide bonds. The van der Waals surface area contributed by atoms with Gasteiger partial charge in [0.25, 0.3) is 0 Å². The summed E-state index contributed by atoms with van der Waals surface area (Å²) in [5.74, 6) is 0.228. The first-order valence-electron chi connectivity index (χ1n) is 8.58. The van der Waals surface area contributed by atoms with Gasteiger partial charge >= 0.3 is 6.09 Å². The van der Waals surface area contributed by atoms with Crippen LogP contribution in [-0.2, 0) is 9.16 Å². The third kappa shape index (κ3) is 3.44. The molecule has 1 N–H and O–H groups in total. The molecule has 2 heterocycles. The molecular weight excluding hydrogens is 310 g/mol. The zero-order valence-electron chi connectivity index (χ0n) is 15.8. The molecule has 0 unspecified atom stereocenters. The molecule has 134 valence electrons. The molecule has 2 bridgehead atoms. The monoisotopic (exact) mass is 343 g/mol. The summed E-state index contributed by atoms with van der Waals surface area (Å²) in [7, 11) is -1.90. The van der Waals surface area contributed by atoms with Crippen LogP contribution in [0.3, 0.4) is 0 Å². The number of fused-ring (bicyclic) bond motifs is 1. The van der Waals surface area contributed by atoms with E-state index in [0.717, 1.165) is 6.42 Å². The molecule has 0 aromatic heterocycles. The van der Waals surface area contributed by atoms with E-state index in [9.17, 15) is 9.90 Å². The summed E-state index contributed by atoms with van der Waals surface area (Å²) in [6, 6.07) is -0.134. The highest BCUT2D eigenvalue weighted by Gasteiger charge is 2.62. The summed E-state index contributed by atoms with van der Waals surface area (Å²) in [6.45, 7) is 16.7. The van der Waals surface area contributed by atoms with E-state index in [-0.39, 0.29) is 41.8 Å². The van der Waals surface area contributed by atoms with Crippen LogP contribution in [0.15, 0.2) is 0 Å². The molecular formula is C17H33NO4Si. The van der Waals surface area contributed by atoms with E-state index in [0.29, 0.717) is 0 Å². The van der Waals surface area contributed by atoms with Crippen LogP contribution in [0.5, 0.6) is 0 Å². The molecule has 4 atom stereocenters. The minimum Gasteiger partial charge on any atom is -0.444 e. The summed E-state index contributed by atoms with van der Waals surface area (Å²) in [5.41, 5.74) is -0.528. The molecule has 6 heteroatoms. The van der Waals surface area contributed by atoms with Crippen molar-refractivity contribution in [3.05, 3.63) is 0 Å². The zero-order valence-corrected chi connectivity index (χ0v) is 16.8. The van der Waals surface area contributed by atoms with E-state index in [1.807, 2.05) is 20.8 Å². The van der Waals surface area contributed by atoms with Gasteiger partial charge in [-0.15, -0.1) is 0 Å². The second-order valence-electron chi connectivity index (χ2n) is 9.45. The summed E-state index contributed by atoms with van der Waals surface area (Å²) in [6.07, 6.45) is 0.620. The maximum Gasteiger partial charge on any atom is 0.410 e. The second kappa shape index (κ2) is 5.74. The van der Waals surface area contributed by atoms with Gasteiger partial charge in [-0.05, 0) is 45.3 Å². The minimum atomic E-state index is -1.90. The molecule has 3 aliphatic rings. The van der Waals surface area contributed by atoms with Crippen molar-refractivity contribution in [2.75, 3.05) is 6.61 Å². The fraction of sp³-hybridized carbons (Fsp3) is 0.941. The molecule has 23 heavy (non-hydrogen) atoms. The quantitative estimate of drug-likeness (QED) is 0.798. The molecule has 0 radical (unpaired) electrons. The lowest BCUT2D eigenvalue weighted by Crippen LogP contribution is -2.54. The van der Waals surface area contributed by atoms with Gasteiger partial charge in [0.1, 0.15) is 5.60 Å². The summed E-state index contributed by atoms with van der Waals surface area (Å²) < 4.78 is 12.1. The first-order chi connectivity index (χ1) is 10.3. The maximum atomic E-state index is 12.5. The van der Waals surface area contributed by atoms with Crippen molar-refractivity contribution in [3.8, 4) is 0 Å². The van der Waals surface area contributed by atoms with Crippen molar-refractivity contribution in [1.29, 1.82) is 0 Å². The predicted octanol–water partition coefficient (Wildman–Crippen LogP) is 3.38. The van der Waals surface area contributed by atoms with Crippen LogP contribution < -0.4 is 0 Å². The van der Waals surface area contributed by atoms with Gasteiger partial charge in [-0.2, -0.15) is 0 Å². The number of rotatable bonds is 3. The second-order valence-corrected chi connectivity index (χ2v) is 14.2. The Hall–Kier alpha value is -0.593. The Morgan fingerprint density at radius 1 is 1.22 bits per heavy atom.